The number of benzene rings is 3. The van der Waals surface area contributed by atoms with Crippen molar-refractivity contribution < 1.29 is 22.7 Å². The molecule has 0 bridgehead atoms. The quantitative estimate of drug-likeness (QED) is 0.255. The van der Waals surface area contributed by atoms with Crippen molar-refractivity contribution in [3.05, 3.63) is 83.9 Å². The first-order chi connectivity index (χ1) is 19.7. The zero-order valence-electron chi connectivity index (χ0n) is 24.3. The highest BCUT2D eigenvalue weighted by Gasteiger charge is 2.34. The van der Waals surface area contributed by atoms with E-state index in [0.29, 0.717) is 25.3 Å². The van der Waals surface area contributed by atoms with Gasteiger partial charge in [0, 0.05) is 18.0 Å². The molecule has 0 aliphatic rings. The van der Waals surface area contributed by atoms with Crippen molar-refractivity contribution >= 4 is 39.3 Å². The van der Waals surface area contributed by atoms with Gasteiger partial charge in [0.2, 0.25) is 11.8 Å². The Hall–Kier alpha value is -3.50. The van der Waals surface area contributed by atoms with Gasteiger partial charge in [-0.05, 0) is 81.0 Å². The van der Waals surface area contributed by atoms with Gasteiger partial charge >= 0.3 is 0 Å². The number of nitrogens with zero attached hydrogens (tertiary/aromatic N) is 2. The first kappa shape index (κ1) is 32.0. The number of aryl methyl sites for hydroxylation is 1. The van der Waals surface area contributed by atoms with Gasteiger partial charge in [0.25, 0.3) is 10.0 Å². The Morgan fingerprint density at radius 3 is 2.22 bits per heavy atom. The van der Waals surface area contributed by atoms with Gasteiger partial charge in [-0.15, -0.1) is 11.8 Å². The summed E-state index contributed by atoms with van der Waals surface area (Å²) in [6, 6.07) is 20.2. The Kier molecular flexibility index (Phi) is 11.7. The molecule has 220 valence electrons. The molecule has 0 heterocycles. The van der Waals surface area contributed by atoms with Crippen LogP contribution in [0.1, 0.15) is 38.3 Å². The number of likely N-dealkylation sites (N-methyl/N-ethyl adjacent to an activating group) is 1. The predicted molar refractivity (Wildman–Crippen MR) is 165 cm³/mol. The summed E-state index contributed by atoms with van der Waals surface area (Å²) in [7, 11) is -4.20. The zero-order chi connectivity index (χ0) is 30.0. The summed E-state index contributed by atoms with van der Waals surface area (Å²) in [6.45, 7) is 7.78. The molecule has 3 aromatic carbocycles. The van der Waals surface area contributed by atoms with Gasteiger partial charge in [-0.25, -0.2) is 8.42 Å². The van der Waals surface area contributed by atoms with Gasteiger partial charge in [-0.1, -0.05) is 43.3 Å². The molecule has 0 saturated heterocycles. The maximum atomic E-state index is 14.2. The smallest absolute Gasteiger partial charge is 0.264 e. The van der Waals surface area contributed by atoms with Crippen LogP contribution < -0.4 is 14.4 Å². The summed E-state index contributed by atoms with van der Waals surface area (Å²) in [5.41, 5.74) is 2.09. The molecule has 2 amide bonds. The van der Waals surface area contributed by atoms with Gasteiger partial charge in [-0.2, -0.15) is 0 Å². The van der Waals surface area contributed by atoms with Crippen LogP contribution in [0.3, 0.4) is 0 Å². The lowest BCUT2D eigenvalue weighted by Crippen LogP contribution is -2.52. The molecule has 3 aromatic rings. The molecule has 0 saturated carbocycles. The second-order valence-electron chi connectivity index (χ2n) is 9.35. The highest BCUT2D eigenvalue weighted by atomic mass is 32.2. The number of hydrogen-bond acceptors (Lipinski definition) is 6. The molecule has 0 fully saturated rings. The molecular weight excluding hydrogens is 558 g/mol. The van der Waals surface area contributed by atoms with Crippen molar-refractivity contribution in [1.29, 1.82) is 0 Å². The standard InChI is InChI=1S/C31H39N3O5S2/c1-6-27(31(36)32-7-2)33(21-24-14-10-9-13-23(24)4)30(35)22-34(28-15-11-12-16-29(28)39-8-3)41(37,38)26-19-17-25(40-5)18-20-26/h9-20,27H,6-8,21-22H2,1-5H3,(H,32,36)/t27-/m0/s1. The lowest BCUT2D eigenvalue weighted by Gasteiger charge is -2.33. The van der Waals surface area contributed by atoms with Crippen LogP contribution in [0.15, 0.2) is 82.6 Å². The number of carbonyl (C=O) groups excluding carboxylic acids is 2. The first-order valence-electron chi connectivity index (χ1n) is 13.7. The number of thioether (sulfide) groups is 1. The van der Waals surface area contributed by atoms with Crippen molar-refractivity contribution in [2.45, 2.75) is 56.5 Å². The summed E-state index contributed by atoms with van der Waals surface area (Å²) in [6.07, 6.45) is 2.27. The summed E-state index contributed by atoms with van der Waals surface area (Å²) in [5, 5.41) is 2.82. The fourth-order valence-corrected chi connectivity index (χ4v) is 6.34. The van der Waals surface area contributed by atoms with E-state index in [-0.39, 0.29) is 23.0 Å². The lowest BCUT2D eigenvalue weighted by molar-refractivity contribution is -0.140. The number of nitrogens with one attached hydrogen (secondary N) is 1. The minimum atomic E-state index is -4.20. The van der Waals surface area contributed by atoms with Crippen LogP contribution >= 0.6 is 11.8 Å². The number of para-hydroxylation sites is 2. The van der Waals surface area contributed by atoms with Gasteiger partial charge in [0.15, 0.2) is 0 Å². The van der Waals surface area contributed by atoms with Crippen molar-refractivity contribution in [3.63, 3.8) is 0 Å². The SMILES string of the molecule is CCNC(=O)[C@H](CC)N(Cc1ccccc1C)C(=O)CN(c1ccccc1OCC)S(=O)(=O)c1ccc(SC)cc1. The van der Waals surface area contributed by atoms with Crippen LogP contribution in [-0.2, 0) is 26.2 Å². The number of rotatable bonds is 14. The fourth-order valence-electron chi connectivity index (χ4n) is 4.51. The summed E-state index contributed by atoms with van der Waals surface area (Å²) >= 11 is 1.50. The van der Waals surface area contributed by atoms with E-state index in [9.17, 15) is 18.0 Å². The maximum absolute atomic E-state index is 14.2. The first-order valence-corrected chi connectivity index (χ1v) is 16.3. The maximum Gasteiger partial charge on any atom is 0.264 e. The van der Waals surface area contributed by atoms with E-state index in [1.807, 2.05) is 58.2 Å². The van der Waals surface area contributed by atoms with Crippen LogP contribution in [0.2, 0.25) is 0 Å². The Balaban J connectivity index is 2.12. The van der Waals surface area contributed by atoms with Crippen LogP contribution in [0.5, 0.6) is 5.75 Å². The van der Waals surface area contributed by atoms with E-state index in [2.05, 4.69) is 5.32 Å². The van der Waals surface area contributed by atoms with E-state index in [0.717, 1.165) is 20.3 Å². The Labute approximate surface area is 248 Å². The van der Waals surface area contributed by atoms with Crippen molar-refractivity contribution in [2.24, 2.45) is 0 Å². The largest absolute Gasteiger partial charge is 0.492 e. The number of anilines is 1. The molecular formula is C31H39N3O5S2. The van der Waals surface area contributed by atoms with Crippen molar-refractivity contribution in [2.75, 3.05) is 30.3 Å². The third-order valence-electron chi connectivity index (χ3n) is 6.70. The third kappa shape index (κ3) is 7.83. The third-order valence-corrected chi connectivity index (χ3v) is 9.22. The average molecular weight is 598 g/mol. The monoisotopic (exact) mass is 597 g/mol. The predicted octanol–water partition coefficient (Wildman–Crippen LogP) is 5.25. The molecule has 0 radical (unpaired) electrons. The number of amides is 2. The number of hydrogen-bond donors (Lipinski definition) is 1. The van der Waals surface area contributed by atoms with E-state index in [1.165, 1.54) is 28.8 Å². The second kappa shape index (κ2) is 14.9. The van der Waals surface area contributed by atoms with Gasteiger partial charge < -0.3 is 15.0 Å². The molecule has 1 N–H and O–H groups in total. The fraction of sp³-hybridized carbons (Fsp3) is 0.355. The molecule has 0 aromatic heterocycles. The van der Waals surface area contributed by atoms with Crippen molar-refractivity contribution in [3.8, 4) is 5.75 Å². The Morgan fingerprint density at radius 1 is 0.951 bits per heavy atom. The molecule has 0 aliphatic carbocycles. The average Bonchev–Trinajstić information content (AvgIpc) is 2.97. The molecule has 0 aliphatic heterocycles. The molecule has 10 heteroatoms. The number of ether oxygens (including phenoxy) is 1. The van der Waals surface area contributed by atoms with E-state index >= 15 is 0 Å². The van der Waals surface area contributed by atoms with Crippen LogP contribution in [0.4, 0.5) is 5.69 Å². The normalized spacial score (nSPS) is 11.9. The molecule has 0 unspecified atom stereocenters. The number of sulfonamides is 1. The number of carbonyl (C=O) groups is 2. The van der Waals surface area contributed by atoms with E-state index in [4.69, 9.17) is 4.74 Å². The molecule has 0 spiro atoms. The van der Waals surface area contributed by atoms with Gasteiger partial charge in [0.1, 0.15) is 18.3 Å². The molecule has 3 rings (SSSR count). The molecule has 41 heavy (non-hydrogen) atoms. The van der Waals surface area contributed by atoms with Crippen molar-refractivity contribution in [1.82, 2.24) is 10.2 Å². The summed E-state index contributed by atoms with van der Waals surface area (Å²) < 4.78 is 35.2. The van der Waals surface area contributed by atoms with Gasteiger partial charge in [0.05, 0.1) is 17.2 Å². The highest BCUT2D eigenvalue weighted by Crippen LogP contribution is 2.33. The van der Waals surface area contributed by atoms with E-state index < -0.39 is 28.5 Å². The van der Waals surface area contributed by atoms with Crippen LogP contribution in [0, 0.1) is 6.92 Å². The summed E-state index contributed by atoms with van der Waals surface area (Å²) in [4.78, 5) is 29.8. The van der Waals surface area contributed by atoms with Gasteiger partial charge in [-0.3, -0.25) is 13.9 Å². The minimum Gasteiger partial charge on any atom is -0.492 e. The summed E-state index contributed by atoms with van der Waals surface area (Å²) in [5.74, 6) is -0.441. The second-order valence-corrected chi connectivity index (χ2v) is 12.1. The van der Waals surface area contributed by atoms with E-state index in [1.54, 1.807) is 36.4 Å². The Morgan fingerprint density at radius 2 is 1.61 bits per heavy atom. The van der Waals surface area contributed by atoms with Crippen LogP contribution in [0.25, 0.3) is 0 Å². The zero-order valence-corrected chi connectivity index (χ0v) is 25.9. The topological polar surface area (TPSA) is 96.0 Å². The molecule has 1 atom stereocenters. The van der Waals surface area contributed by atoms with Crippen LogP contribution in [-0.4, -0.2) is 57.1 Å². The Bertz CT molecular complexity index is 1430. The molecule has 8 nitrogen and oxygen atoms in total. The lowest BCUT2D eigenvalue weighted by atomic mass is 10.1. The highest BCUT2D eigenvalue weighted by molar-refractivity contribution is 7.98. The minimum absolute atomic E-state index is 0.0515.